The number of hydrogen-bond donors (Lipinski definition) is 0. The number of anilines is 1. The van der Waals surface area contributed by atoms with Gasteiger partial charge in [0.25, 0.3) is 0 Å². The van der Waals surface area contributed by atoms with E-state index >= 15 is 0 Å². The van der Waals surface area contributed by atoms with E-state index in [1.165, 1.54) is 0 Å². The van der Waals surface area contributed by atoms with Crippen LogP contribution in [0.4, 0.5) is 5.69 Å². The Kier molecular flexibility index (Phi) is 5.49. The highest BCUT2D eigenvalue weighted by molar-refractivity contribution is 6.30. The summed E-state index contributed by atoms with van der Waals surface area (Å²) in [5.41, 5.74) is 2.67. The lowest BCUT2D eigenvalue weighted by Gasteiger charge is -2.50. The fourth-order valence-electron chi connectivity index (χ4n) is 4.10. The lowest BCUT2D eigenvalue weighted by Crippen LogP contribution is -2.57. The summed E-state index contributed by atoms with van der Waals surface area (Å²) in [6, 6.07) is 7.58. The van der Waals surface area contributed by atoms with Crippen LogP contribution in [-0.2, 0) is 19.0 Å². The molecule has 0 aliphatic carbocycles. The Morgan fingerprint density at radius 2 is 2.00 bits per heavy atom. The third-order valence-electron chi connectivity index (χ3n) is 5.05. The highest BCUT2D eigenvalue weighted by Gasteiger charge is 2.48. The van der Waals surface area contributed by atoms with Crippen molar-refractivity contribution in [2.45, 2.75) is 38.7 Å². The van der Waals surface area contributed by atoms with Crippen LogP contribution in [0.2, 0.25) is 5.02 Å². The van der Waals surface area contributed by atoms with Crippen molar-refractivity contribution < 1.29 is 19.0 Å². The van der Waals surface area contributed by atoms with Crippen molar-refractivity contribution in [3.63, 3.8) is 0 Å². The Morgan fingerprint density at radius 1 is 1.32 bits per heavy atom. The molecule has 3 rings (SSSR count). The van der Waals surface area contributed by atoms with Gasteiger partial charge in [-0.3, -0.25) is 4.79 Å². The van der Waals surface area contributed by atoms with Crippen LogP contribution in [0.15, 0.2) is 35.5 Å². The van der Waals surface area contributed by atoms with Crippen molar-refractivity contribution >= 4 is 23.1 Å². The minimum Gasteiger partial charge on any atom is -0.382 e. The number of allylic oxidation sites excluding steroid dienone is 1. The second-order valence-electron chi connectivity index (χ2n) is 6.53. The van der Waals surface area contributed by atoms with Crippen LogP contribution in [0.25, 0.3) is 0 Å². The predicted molar refractivity (Wildman–Crippen MR) is 96.8 cm³/mol. The SMILES string of the molecule is COC[C@H]1O[C@H]2C[C@H](C(C(C)=O)=C(C)N2c2ccc(Cl)cc2)[C@@H]1OC. The van der Waals surface area contributed by atoms with Crippen LogP contribution >= 0.6 is 11.6 Å². The van der Waals surface area contributed by atoms with Gasteiger partial charge in [0.05, 0.1) is 12.7 Å². The van der Waals surface area contributed by atoms with Crippen LogP contribution in [0, 0.1) is 5.92 Å². The molecule has 1 aromatic rings. The third-order valence-corrected chi connectivity index (χ3v) is 5.30. The minimum atomic E-state index is -0.226. The number of nitrogens with zero attached hydrogens (tertiary/aromatic N) is 1. The molecule has 136 valence electrons. The predicted octanol–water partition coefficient (Wildman–Crippen LogP) is 3.42. The molecular formula is C19H24ClNO4. The topological polar surface area (TPSA) is 48.0 Å². The molecule has 1 fully saturated rings. The van der Waals surface area contributed by atoms with Gasteiger partial charge in [-0.05, 0) is 38.1 Å². The van der Waals surface area contributed by atoms with E-state index in [4.69, 9.17) is 25.8 Å². The maximum Gasteiger partial charge on any atom is 0.157 e. The lowest BCUT2D eigenvalue weighted by molar-refractivity contribution is -0.169. The number of ketones is 1. The average molecular weight is 366 g/mol. The highest BCUT2D eigenvalue weighted by Crippen LogP contribution is 2.43. The normalized spacial score (nSPS) is 29.1. The molecule has 2 heterocycles. The number of carbonyl (C=O) groups excluding carboxylic acids is 1. The zero-order valence-electron chi connectivity index (χ0n) is 15.0. The molecule has 4 atom stereocenters. The number of hydrogen-bond acceptors (Lipinski definition) is 5. The summed E-state index contributed by atoms with van der Waals surface area (Å²) in [6.45, 7) is 4.01. The Hall–Kier alpha value is -1.40. The molecule has 0 radical (unpaired) electrons. The summed E-state index contributed by atoms with van der Waals surface area (Å²) in [7, 11) is 3.31. The van der Waals surface area contributed by atoms with Gasteiger partial charge in [-0.1, -0.05) is 11.6 Å². The Morgan fingerprint density at radius 3 is 2.56 bits per heavy atom. The highest BCUT2D eigenvalue weighted by atomic mass is 35.5. The lowest BCUT2D eigenvalue weighted by atomic mass is 9.78. The maximum absolute atomic E-state index is 12.4. The number of benzene rings is 1. The minimum absolute atomic E-state index is 0.00458. The van der Waals surface area contributed by atoms with Crippen molar-refractivity contribution in [3.8, 4) is 0 Å². The van der Waals surface area contributed by atoms with E-state index in [1.807, 2.05) is 31.2 Å². The summed E-state index contributed by atoms with van der Waals surface area (Å²) in [5, 5.41) is 0.674. The van der Waals surface area contributed by atoms with E-state index in [-0.39, 0.29) is 30.1 Å². The number of rotatable bonds is 5. The molecule has 2 bridgehead atoms. The Bertz CT molecular complexity index is 673. The fraction of sp³-hybridized carbons (Fsp3) is 0.526. The zero-order valence-corrected chi connectivity index (χ0v) is 15.7. The first-order chi connectivity index (χ1) is 12.0. The molecular weight excluding hydrogens is 342 g/mol. The molecule has 2 aliphatic rings. The van der Waals surface area contributed by atoms with E-state index in [0.717, 1.165) is 17.0 Å². The molecule has 0 spiro atoms. The first-order valence-electron chi connectivity index (χ1n) is 8.41. The van der Waals surface area contributed by atoms with Crippen LogP contribution in [-0.4, -0.2) is 45.0 Å². The third kappa shape index (κ3) is 3.34. The van der Waals surface area contributed by atoms with Gasteiger partial charge in [0, 0.05) is 48.5 Å². The van der Waals surface area contributed by atoms with Crippen molar-refractivity contribution in [3.05, 3.63) is 40.6 Å². The zero-order chi connectivity index (χ0) is 18.1. The number of Topliss-reactive ketones (excluding diaryl/α,β-unsaturated/α-hetero) is 1. The maximum atomic E-state index is 12.4. The van der Waals surface area contributed by atoms with Gasteiger partial charge in [0.1, 0.15) is 12.3 Å². The van der Waals surface area contributed by atoms with E-state index < -0.39 is 0 Å². The molecule has 0 N–H and O–H groups in total. The summed E-state index contributed by atoms with van der Waals surface area (Å²) >= 11 is 6.02. The number of methoxy groups -OCH3 is 2. The fourth-order valence-corrected chi connectivity index (χ4v) is 4.23. The molecule has 25 heavy (non-hydrogen) atoms. The number of fused-ring (bicyclic) bond motifs is 2. The van der Waals surface area contributed by atoms with Gasteiger partial charge in [-0.15, -0.1) is 0 Å². The molecule has 0 saturated carbocycles. The van der Waals surface area contributed by atoms with Gasteiger partial charge in [0.15, 0.2) is 5.78 Å². The van der Waals surface area contributed by atoms with Crippen LogP contribution in [0.3, 0.4) is 0 Å². The molecule has 1 aromatic carbocycles. The number of halogens is 1. The monoisotopic (exact) mass is 365 g/mol. The first kappa shape index (κ1) is 18.4. The Labute approximate surface area is 153 Å². The van der Waals surface area contributed by atoms with Crippen molar-refractivity contribution in [1.82, 2.24) is 0 Å². The van der Waals surface area contributed by atoms with Crippen molar-refractivity contribution in [2.24, 2.45) is 5.92 Å². The van der Waals surface area contributed by atoms with Gasteiger partial charge in [-0.2, -0.15) is 0 Å². The van der Waals surface area contributed by atoms with Gasteiger partial charge < -0.3 is 19.1 Å². The second-order valence-corrected chi connectivity index (χ2v) is 6.97. The van der Waals surface area contributed by atoms with E-state index in [9.17, 15) is 4.79 Å². The molecule has 0 aromatic heterocycles. The van der Waals surface area contributed by atoms with E-state index in [0.29, 0.717) is 18.1 Å². The average Bonchev–Trinajstić information content (AvgIpc) is 2.56. The summed E-state index contributed by atoms with van der Waals surface area (Å²) in [5.74, 6) is 0.0741. The molecule has 0 amide bonds. The standard InChI is InChI=1S/C19H24ClNO4/c1-11-18(12(2)22)15-9-17(25-16(10-23-3)19(15)24-4)21(11)14-7-5-13(20)6-8-14/h5-8,15-17,19H,9-10H2,1-4H3/t15-,16-,17+,19+/m1/s1. The quantitative estimate of drug-likeness (QED) is 0.800. The van der Waals surface area contributed by atoms with Crippen molar-refractivity contribution in [1.29, 1.82) is 0 Å². The van der Waals surface area contributed by atoms with E-state index in [2.05, 4.69) is 4.90 Å². The molecule has 6 heteroatoms. The largest absolute Gasteiger partial charge is 0.382 e. The van der Waals surface area contributed by atoms with Gasteiger partial charge in [0.2, 0.25) is 0 Å². The molecule has 1 saturated heterocycles. The number of carbonyl (C=O) groups is 1. The summed E-state index contributed by atoms with van der Waals surface area (Å²) < 4.78 is 17.3. The van der Waals surface area contributed by atoms with Gasteiger partial charge in [-0.25, -0.2) is 0 Å². The molecule has 0 unspecified atom stereocenters. The van der Waals surface area contributed by atoms with Crippen LogP contribution < -0.4 is 4.90 Å². The Balaban J connectivity index is 2.08. The summed E-state index contributed by atoms with van der Waals surface area (Å²) in [6.07, 6.45) is 0.113. The summed E-state index contributed by atoms with van der Waals surface area (Å²) in [4.78, 5) is 14.5. The number of ether oxygens (including phenoxy) is 3. The van der Waals surface area contributed by atoms with Crippen LogP contribution in [0.5, 0.6) is 0 Å². The van der Waals surface area contributed by atoms with Crippen molar-refractivity contribution in [2.75, 3.05) is 25.7 Å². The van der Waals surface area contributed by atoms with E-state index in [1.54, 1.807) is 21.1 Å². The smallest absolute Gasteiger partial charge is 0.157 e. The molecule has 2 aliphatic heterocycles. The van der Waals surface area contributed by atoms with Crippen LogP contribution in [0.1, 0.15) is 20.3 Å². The first-order valence-corrected chi connectivity index (χ1v) is 8.79. The molecule has 5 nitrogen and oxygen atoms in total. The second kappa shape index (κ2) is 7.46. The van der Waals surface area contributed by atoms with Gasteiger partial charge >= 0.3 is 0 Å².